The summed E-state index contributed by atoms with van der Waals surface area (Å²) in [5.41, 5.74) is 2.91. The molecule has 0 atom stereocenters. The molecule has 3 aromatic rings. The van der Waals surface area contributed by atoms with Gasteiger partial charge in [0.1, 0.15) is 11.3 Å². The Kier molecular flexibility index (Phi) is 4.79. The van der Waals surface area contributed by atoms with E-state index >= 15 is 0 Å². The molecule has 140 valence electrons. The summed E-state index contributed by atoms with van der Waals surface area (Å²) in [6.45, 7) is 2.11. The molecule has 4 rings (SSSR count). The van der Waals surface area contributed by atoms with Crippen LogP contribution in [0.5, 0.6) is 0 Å². The van der Waals surface area contributed by atoms with Gasteiger partial charge in [0.2, 0.25) is 0 Å². The third-order valence-corrected chi connectivity index (χ3v) is 5.20. The number of fused-ring (bicyclic) bond motifs is 3. The van der Waals surface area contributed by atoms with Gasteiger partial charge in [-0.3, -0.25) is 9.20 Å². The minimum absolute atomic E-state index is 0.149. The second-order valence-corrected chi connectivity index (χ2v) is 6.99. The molecule has 1 aliphatic carbocycles. The summed E-state index contributed by atoms with van der Waals surface area (Å²) in [4.78, 5) is 31.6. The first-order valence-electron chi connectivity index (χ1n) is 9.55. The molecule has 1 N–H and O–H groups in total. The minimum atomic E-state index is -0.379. The van der Waals surface area contributed by atoms with Crippen molar-refractivity contribution in [2.45, 2.75) is 44.9 Å². The second-order valence-electron chi connectivity index (χ2n) is 6.99. The number of carbonyl (C=O) groups is 1. The van der Waals surface area contributed by atoms with Crippen LogP contribution >= 0.6 is 0 Å². The van der Waals surface area contributed by atoms with E-state index in [1.54, 1.807) is 19.2 Å². The highest BCUT2D eigenvalue weighted by Crippen LogP contribution is 2.32. The zero-order valence-corrected chi connectivity index (χ0v) is 15.4. The number of ether oxygens (including phenoxy) is 1. The van der Waals surface area contributed by atoms with Gasteiger partial charge in [0, 0.05) is 12.0 Å². The van der Waals surface area contributed by atoms with E-state index in [9.17, 15) is 9.59 Å². The van der Waals surface area contributed by atoms with E-state index in [-0.39, 0.29) is 11.5 Å². The van der Waals surface area contributed by atoms with Crippen molar-refractivity contribution in [1.82, 2.24) is 14.4 Å². The van der Waals surface area contributed by atoms with Gasteiger partial charge < -0.3 is 9.72 Å². The van der Waals surface area contributed by atoms with E-state index < -0.39 is 0 Å². The minimum Gasteiger partial charge on any atom is -0.463 e. The third kappa shape index (κ3) is 3.39. The van der Waals surface area contributed by atoms with E-state index in [1.165, 1.54) is 25.3 Å². The smallest absolute Gasteiger partial charge is 0.330 e. The molecular formula is C21H23N3O3. The molecule has 27 heavy (non-hydrogen) atoms. The number of aromatic amines is 1. The van der Waals surface area contributed by atoms with Gasteiger partial charge in [-0.05, 0) is 43.5 Å². The number of hydrogen-bond acceptors (Lipinski definition) is 4. The quantitative estimate of drug-likeness (QED) is 0.564. The van der Waals surface area contributed by atoms with E-state index in [4.69, 9.17) is 4.74 Å². The first-order valence-corrected chi connectivity index (χ1v) is 9.55. The Morgan fingerprint density at radius 1 is 1.30 bits per heavy atom. The topological polar surface area (TPSA) is 76.5 Å². The van der Waals surface area contributed by atoms with Crippen LogP contribution in [0, 0.1) is 0 Å². The van der Waals surface area contributed by atoms with Gasteiger partial charge in [-0.1, -0.05) is 25.3 Å². The fourth-order valence-electron chi connectivity index (χ4n) is 3.92. The Morgan fingerprint density at radius 3 is 2.89 bits per heavy atom. The van der Waals surface area contributed by atoms with Gasteiger partial charge in [0.05, 0.1) is 23.8 Å². The van der Waals surface area contributed by atoms with Crippen LogP contribution in [-0.2, 0) is 9.53 Å². The van der Waals surface area contributed by atoms with Gasteiger partial charge in [0.15, 0.2) is 0 Å². The maximum absolute atomic E-state index is 12.5. The van der Waals surface area contributed by atoms with Gasteiger partial charge >= 0.3 is 5.97 Å². The summed E-state index contributed by atoms with van der Waals surface area (Å²) < 4.78 is 6.91. The SMILES string of the molecule is CCOC(=O)C=Cc1ccc2c(c1)[nH]c(=O)c1cnc(C3CCCCC3)n12. The first-order chi connectivity index (χ1) is 13.2. The van der Waals surface area contributed by atoms with Crippen LogP contribution < -0.4 is 5.56 Å². The summed E-state index contributed by atoms with van der Waals surface area (Å²) in [6, 6.07) is 5.77. The van der Waals surface area contributed by atoms with Crippen molar-refractivity contribution in [3.8, 4) is 0 Å². The molecule has 0 spiro atoms. The maximum Gasteiger partial charge on any atom is 0.330 e. The molecular weight excluding hydrogens is 342 g/mol. The van der Waals surface area contributed by atoms with E-state index in [2.05, 4.69) is 9.97 Å². The molecule has 0 aliphatic heterocycles. The highest BCUT2D eigenvalue weighted by atomic mass is 16.5. The molecule has 1 fully saturated rings. The number of benzene rings is 1. The lowest BCUT2D eigenvalue weighted by Gasteiger charge is -2.21. The third-order valence-electron chi connectivity index (χ3n) is 5.20. The number of esters is 1. The van der Waals surface area contributed by atoms with Gasteiger partial charge in [0.25, 0.3) is 5.56 Å². The van der Waals surface area contributed by atoms with Crippen molar-refractivity contribution < 1.29 is 9.53 Å². The van der Waals surface area contributed by atoms with Gasteiger partial charge in [-0.15, -0.1) is 0 Å². The van der Waals surface area contributed by atoms with Crippen molar-refractivity contribution in [2.75, 3.05) is 6.61 Å². The van der Waals surface area contributed by atoms with Crippen LogP contribution in [0.4, 0.5) is 0 Å². The fourth-order valence-corrected chi connectivity index (χ4v) is 3.92. The summed E-state index contributed by atoms with van der Waals surface area (Å²) in [7, 11) is 0. The zero-order chi connectivity index (χ0) is 18.8. The van der Waals surface area contributed by atoms with Gasteiger partial charge in [-0.25, -0.2) is 9.78 Å². The normalized spacial score (nSPS) is 15.7. The predicted octanol–water partition coefficient (Wildman–Crippen LogP) is 3.80. The molecule has 6 heteroatoms. The van der Waals surface area contributed by atoms with E-state index in [0.29, 0.717) is 18.0 Å². The predicted molar refractivity (Wildman–Crippen MR) is 105 cm³/mol. The fraction of sp³-hybridized carbons (Fsp3) is 0.381. The average Bonchev–Trinajstić information content (AvgIpc) is 3.13. The summed E-state index contributed by atoms with van der Waals surface area (Å²) in [5.74, 6) is 1.00. The lowest BCUT2D eigenvalue weighted by atomic mass is 9.89. The van der Waals surface area contributed by atoms with Crippen molar-refractivity contribution in [2.24, 2.45) is 0 Å². The standard InChI is InChI=1S/C21H23N3O3/c1-2-27-19(25)11-9-14-8-10-17-16(12-14)23-21(26)18-13-22-20(24(17)18)15-6-4-3-5-7-15/h8-13,15H,2-7H2,1H3,(H,23,26). The molecule has 1 aromatic carbocycles. The molecule has 1 saturated carbocycles. The van der Waals surface area contributed by atoms with Crippen LogP contribution in [0.15, 0.2) is 35.3 Å². The lowest BCUT2D eigenvalue weighted by molar-refractivity contribution is -0.137. The van der Waals surface area contributed by atoms with E-state index in [0.717, 1.165) is 35.3 Å². The molecule has 0 bridgehead atoms. The monoisotopic (exact) mass is 365 g/mol. The van der Waals surface area contributed by atoms with Crippen LogP contribution in [0.2, 0.25) is 0 Å². The lowest BCUT2D eigenvalue weighted by Crippen LogP contribution is -2.14. The number of carbonyl (C=O) groups excluding carboxylic acids is 1. The number of H-pyrrole nitrogens is 1. The van der Waals surface area contributed by atoms with Gasteiger partial charge in [-0.2, -0.15) is 0 Å². The number of nitrogens with zero attached hydrogens (tertiary/aromatic N) is 2. The molecule has 0 saturated heterocycles. The van der Waals surface area contributed by atoms with Crippen molar-refractivity contribution in [3.63, 3.8) is 0 Å². The Morgan fingerprint density at radius 2 is 2.11 bits per heavy atom. The van der Waals surface area contributed by atoms with E-state index in [1.807, 2.05) is 22.6 Å². The van der Waals surface area contributed by atoms with Crippen LogP contribution in [0.1, 0.15) is 56.3 Å². The largest absolute Gasteiger partial charge is 0.463 e. The first kappa shape index (κ1) is 17.5. The Hall–Kier alpha value is -2.89. The molecule has 0 radical (unpaired) electrons. The molecule has 1 aliphatic rings. The Balaban J connectivity index is 1.80. The number of aromatic nitrogens is 3. The van der Waals surface area contributed by atoms with Crippen molar-refractivity contribution in [1.29, 1.82) is 0 Å². The molecule has 2 heterocycles. The highest BCUT2D eigenvalue weighted by Gasteiger charge is 2.21. The Bertz CT molecular complexity index is 1070. The molecule has 2 aromatic heterocycles. The number of hydrogen-bond donors (Lipinski definition) is 1. The maximum atomic E-state index is 12.5. The van der Waals surface area contributed by atoms with Crippen LogP contribution in [0.25, 0.3) is 22.6 Å². The molecule has 6 nitrogen and oxygen atoms in total. The van der Waals surface area contributed by atoms with Crippen molar-refractivity contribution in [3.05, 3.63) is 52.2 Å². The second kappa shape index (κ2) is 7.39. The number of nitrogens with one attached hydrogen (secondary N) is 1. The molecule has 0 unspecified atom stereocenters. The zero-order valence-electron chi connectivity index (χ0n) is 15.4. The average molecular weight is 365 g/mol. The summed E-state index contributed by atoms with van der Waals surface area (Å²) in [6.07, 6.45) is 10.7. The van der Waals surface area contributed by atoms with Crippen LogP contribution in [0.3, 0.4) is 0 Å². The number of rotatable bonds is 4. The van der Waals surface area contributed by atoms with Crippen molar-refractivity contribution >= 4 is 28.6 Å². The highest BCUT2D eigenvalue weighted by molar-refractivity contribution is 5.88. The summed E-state index contributed by atoms with van der Waals surface area (Å²) >= 11 is 0. The summed E-state index contributed by atoms with van der Waals surface area (Å²) in [5, 5.41) is 0. The molecule has 0 amide bonds. The van der Waals surface area contributed by atoms with Crippen LogP contribution in [-0.4, -0.2) is 26.9 Å². The number of imidazole rings is 1. The Labute approximate surface area is 156 Å².